The van der Waals surface area contributed by atoms with E-state index in [1.807, 2.05) is 49.4 Å². The summed E-state index contributed by atoms with van der Waals surface area (Å²) in [6, 6.07) is 13.9. The van der Waals surface area contributed by atoms with Crippen molar-refractivity contribution >= 4 is 49.9 Å². The Bertz CT molecular complexity index is 1310. The van der Waals surface area contributed by atoms with Gasteiger partial charge in [0.05, 0.1) is 41.2 Å². The number of hydrogen-bond donors (Lipinski definition) is 1. The second-order valence-electron chi connectivity index (χ2n) is 8.13. The molecule has 1 fully saturated rings. The number of hydrogen-bond acceptors (Lipinski definition) is 6. The van der Waals surface area contributed by atoms with E-state index in [1.54, 1.807) is 22.9 Å². The quantitative estimate of drug-likeness (QED) is 0.439. The summed E-state index contributed by atoms with van der Waals surface area (Å²) in [6.07, 6.45) is 0. The molecule has 0 bridgehead atoms. The van der Waals surface area contributed by atoms with Crippen molar-refractivity contribution in [3.8, 4) is 0 Å². The number of morpholine rings is 1. The van der Waals surface area contributed by atoms with Gasteiger partial charge in [0, 0.05) is 18.8 Å². The number of aryl methyl sites for hydroxylation is 2. The Kier molecular flexibility index (Phi) is 6.05. The third-order valence-electron chi connectivity index (χ3n) is 5.66. The van der Waals surface area contributed by atoms with E-state index in [4.69, 9.17) is 21.3 Å². The van der Waals surface area contributed by atoms with Crippen LogP contribution in [0.15, 0.2) is 42.5 Å². The lowest BCUT2D eigenvalue weighted by atomic mass is 10.1. The van der Waals surface area contributed by atoms with Gasteiger partial charge in [0.15, 0.2) is 5.13 Å². The number of carbonyl (C=O) groups is 1. The second-order valence-corrected chi connectivity index (χ2v) is 9.49. The zero-order valence-corrected chi connectivity index (χ0v) is 20.0. The molecule has 0 aliphatic carbocycles. The number of rotatable bonds is 5. The van der Waals surface area contributed by atoms with Crippen molar-refractivity contribution < 1.29 is 9.53 Å². The summed E-state index contributed by atoms with van der Waals surface area (Å²) in [6.45, 7) is 7.47. The van der Waals surface area contributed by atoms with Gasteiger partial charge in [-0.3, -0.25) is 4.79 Å². The normalized spacial score (nSPS) is 14.1. The Labute approximate surface area is 200 Å². The molecule has 3 heterocycles. The van der Waals surface area contributed by atoms with Crippen molar-refractivity contribution in [2.75, 3.05) is 36.5 Å². The molecule has 0 spiro atoms. The van der Waals surface area contributed by atoms with Crippen molar-refractivity contribution in [2.24, 2.45) is 0 Å². The SMILES string of the molecule is Cc1ccc(Cn2nc(C)c(C(=O)Nc3ccc4nc(N5CCOCC5)sc4c3)c2Cl)cc1. The van der Waals surface area contributed by atoms with Crippen LogP contribution >= 0.6 is 22.9 Å². The molecule has 0 atom stereocenters. The zero-order chi connectivity index (χ0) is 22.9. The first-order valence-corrected chi connectivity index (χ1v) is 12.0. The highest BCUT2D eigenvalue weighted by Crippen LogP contribution is 2.31. The fourth-order valence-corrected chi connectivity index (χ4v) is 5.23. The van der Waals surface area contributed by atoms with E-state index in [-0.39, 0.29) is 5.91 Å². The topological polar surface area (TPSA) is 72.3 Å². The van der Waals surface area contributed by atoms with Gasteiger partial charge in [0.2, 0.25) is 0 Å². The van der Waals surface area contributed by atoms with Gasteiger partial charge in [-0.2, -0.15) is 5.10 Å². The summed E-state index contributed by atoms with van der Waals surface area (Å²) in [7, 11) is 0. The van der Waals surface area contributed by atoms with E-state index in [1.165, 1.54) is 5.56 Å². The predicted octanol–water partition coefficient (Wildman–Crippen LogP) is 4.90. The van der Waals surface area contributed by atoms with Crippen molar-refractivity contribution in [3.63, 3.8) is 0 Å². The number of ether oxygens (including phenoxy) is 1. The smallest absolute Gasteiger partial charge is 0.260 e. The molecular formula is C24H24ClN5O2S. The number of nitrogens with zero attached hydrogens (tertiary/aromatic N) is 4. The predicted molar refractivity (Wildman–Crippen MR) is 133 cm³/mol. The Morgan fingerprint density at radius 1 is 1.15 bits per heavy atom. The highest BCUT2D eigenvalue weighted by Gasteiger charge is 2.21. The van der Waals surface area contributed by atoms with Crippen molar-refractivity contribution in [1.82, 2.24) is 14.8 Å². The highest BCUT2D eigenvalue weighted by molar-refractivity contribution is 7.22. The zero-order valence-electron chi connectivity index (χ0n) is 18.5. The van der Waals surface area contributed by atoms with Gasteiger partial charge in [0.1, 0.15) is 5.15 Å². The number of nitrogens with one attached hydrogen (secondary N) is 1. The number of anilines is 2. The maximum Gasteiger partial charge on any atom is 0.260 e. The number of fused-ring (bicyclic) bond motifs is 1. The number of amides is 1. The first-order chi connectivity index (χ1) is 16.0. The Morgan fingerprint density at radius 2 is 1.91 bits per heavy atom. The standard InChI is InChI=1S/C24H24ClN5O2S/c1-15-3-5-17(6-4-15)14-30-22(25)21(16(2)28-30)23(31)26-18-7-8-19-20(13-18)33-24(27-19)29-9-11-32-12-10-29/h3-8,13H,9-12,14H2,1-2H3,(H,26,31). The largest absolute Gasteiger partial charge is 0.378 e. The molecule has 1 N–H and O–H groups in total. The molecule has 5 rings (SSSR count). The Morgan fingerprint density at radius 3 is 2.67 bits per heavy atom. The molecule has 9 heteroatoms. The van der Waals surface area contributed by atoms with Crippen LogP contribution in [-0.4, -0.2) is 47.0 Å². The van der Waals surface area contributed by atoms with Gasteiger partial charge in [-0.05, 0) is 37.6 Å². The van der Waals surface area contributed by atoms with Gasteiger partial charge in [0.25, 0.3) is 5.91 Å². The van der Waals surface area contributed by atoms with E-state index in [2.05, 4.69) is 15.3 Å². The molecule has 7 nitrogen and oxygen atoms in total. The molecule has 2 aromatic heterocycles. The van der Waals surface area contributed by atoms with Gasteiger partial charge in [-0.25, -0.2) is 9.67 Å². The molecule has 0 unspecified atom stereocenters. The minimum atomic E-state index is -0.273. The van der Waals surface area contributed by atoms with Gasteiger partial charge in [-0.15, -0.1) is 0 Å². The van der Waals surface area contributed by atoms with Crippen molar-refractivity contribution in [2.45, 2.75) is 20.4 Å². The van der Waals surface area contributed by atoms with E-state index in [0.717, 1.165) is 47.2 Å². The van der Waals surface area contributed by atoms with E-state index >= 15 is 0 Å². The molecular weight excluding hydrogens is 458 g/mol. The third-order valence-corrected chi connectivity index (χ3v) is 7.13. The van der Waals surface area contributed by atoms with Crippen LogP contribution in [0.1, 0.15) is 27.2 Å². The molecule has 1 aliphatic heterocycles. The molecule has 1 aliphatic rings. The van der Waals surface area contributed by atoms with Crippen LogP contribution in [0.2, 0.25) is 5.15 Å². The molecule has 33 heavy (non-hydrogen) atoms. The molecule has 0 radical (unpaired) electrons. The van der Waals surface area contributed by atoms with Crippen LogP contribution in [-0.2, 0) is 11.3 Å². The number of aromatic nitrogens is 3. The summed E-state index contributed by atoms with van der Waals surface area (Å²) in [5.74, 6) is -0.273. The van der Waals surface area contributed by atoms with E-state index in [0.29, 0.717) is 28.6 Å². The minimum absolute atomic E-state index is 0.273. The van der Waals surface area contributed by atoms with Gasteiger partial charge in [-0.1, -0.05) is 52.8 Å². The van der Waals surface area contributed by atoms with Crippen molar-refractivity contribution in [3.05, 3.63) is 70.0 Å². The second kappa shape index (κ2) is 9.13. The van der Waals surface area contributed by atoms with Crippen molar-refractivity contribution in [1.29, 1.82) is 0 Å². The average Bonchev–Trinajstić information content (AvgIpc) is 3.36. The van der Waals surface area contributed by atoms with Gasteiger partial charge < -0.3 is 15.0 Å². The average molecular weight is 482 g/mol. The van der Waals surface area contributed by atoms with Gasteiger partial charge >= 0.3 is 0 Å². The molecule has 2 aromatic carbocycles. The van der Waals surface area contributed by atoms with Crippen LogP contribution < -0.4 is 10.2 Å². The maximum absolute atomic E-state index is 13.1. The van der Waals surface area contributed by atoms with E-state index < -0.39 is 0 Å². The van der Waals surface area contributed by atoms with Crippen LogP contribution in [0.25, 0.3) is 10.2 Å². The monoisotopic (exact) mass is 481 g/mol. The molecule has 1 amide bonds. The Hall–Kier alpha value is -2.94. The summed E-state index contributed by atoms with van der Waals surface area (Å²) in [5.41, 5.74) is 4.87. The summed E-state index contributed by atoms with van der Waals surface area (Å²) >= 11 is 8.19. The van der Waals surface area contributed by atoms with Crippen LogP contribution in [0.3, 0.4) is 0 Å². The lowest BCUT2D eigenvalue weighted by Crippen LogP contribution is -2.36. The first kappa shape index (κ1) is 21.9. The Balaban J connectivity index is 1.34. The fraction of sp³-hybridized carbons (Fsp3) is 0.292. The number of halogens is 1. The lowest BCUT2D eigenvalue weighted by molar-refractivity contribution is 0.102. The molecule has 4 aromatic rings. The lowest BCUT2D eigenvalue weighted by Gasteiger charge is -2.25. The van der Waals surface area contributed by atoms with Crippen LogP contribution in [0, 0.1) is 13.8 Å². The first-order valence-electron chi connectivity index (χ1n) is 10.8. The number of benzene rings is 2. The third kappa shape index (κ3) is 4.59. The highest BCUT2D eigenvalue weighted by atomic mass is 35.5. The maximum atomic E-state index is 13.1. The van der Waals surface area contributed by atoms with E-state index in [9.17, 15) is 4.79 Å². The van der Waals surface area contributed by atoms with Crippen LogP contribution in [0.5, 0.6) is 0 Å². The minimum Gasteiger partial charge on any atom is -0.378 e. The summed E-state index contributed by atoms with van der Waals surface area (Å²) < 4.78 is 8.11. The number of carbonyl (C=O) groups excluding carboxylic acids is 1. The number of thiazole rings is 1. The molecule has 170 valence electrons. The molecule has 1 saturated heterocycles. The summed E-state index contributed by atoms with van der Waals surface area (Å²) in [5, 5.41) is 8.78. The fourth-order valence-electron chi connectivity index (χ4n) is 3.86. The van der Waals surface area contributed by atoms with Crippen LogP contribution in [0.4, 0.5) is 10.8 Å². The molecule has 0 saturated carbocycles. The summed E-state index contributed by atoms with van der Waals surface area (Å²) in [4.78, 5) is 20.0.